The highest BCUT2D eigenvalue weighted by Gasteiger charge is 2.25. The Hall–Kier alpha value is -3.07. The number of benzene rings is 2. The van der Waals surface area contributed by atoms with E-state index in [4.69, 9.17) is 11.6 Å². The van der Waals surface area contributed by atoms with Crippen LogP contribution in [0, 0.1) is 5.82 Å². The van der Waals surface area contributed by atoms with Crippen LogP contribution in [0.3, 0.4) is 0 Å². The highest BCUT2D eigenvalue weighted by molar-refractivity contribution is 7.20. The average Bonchev–Trinajstić information content (AvgIpc) is 3.44. The molecular formula is C24H21ClFN5OS. The third-order valence-electron chi connectivity index (χ3n) is 5.59. The molecule has 3 heterocycles. The molecule has 2 aromatic heterocycles. The van der Waals surface area contributed by atoms with E-state index in [-0.39, 0.29) is 17.0 Å². The smallest absolute Gasteiger partial charge is 0.261 e. The molecule has 1 saturated heterocycles. The number of carbonyl (C=O) groups excluding carboxylic acids is 1. The van der Waals surface area contributed by atoms with Crippen molar-refractivity contribution in [2.75, 3.05) is 18.4 Å². The molecule has 4 aromatic rings. The Morgan fingerprint density at radius 1 is 1.18 bits per heavy atom. The fourth-order valence-electron chi connectivity index (χ4n) is 3.97. The van der Waals surface area contributed by atoms with Crippen LogP contribution in [0.4, 0.5) is 15.9 Å². The zero-order valence-corrected chi connectivity index (χ0v) is 19.2. The first-order chi connectivity index (χ1) is 16.0. The Kier molecular flexibility index (Phi) is 6.22. The number of amides is 1. The van der Waals surface area contributed by atoms with Gasteiger partial charge in [0.05, 0.1) is 15.3 Å². The molecular weight excluding hydrogens is 461 g/mol. The van der Waals surface area contributed by atoms with E-state index in [1.54, 1.807) is 12.1 Å². The zero-order chi connectivity index (χ0) is 22.8. The van der Waals surface area contributed by atoms with Gasteiger partial charge in [0.25, 0.3) is 5.91 Å². The molecule has 9 heteroatoms. The monoisotopic (exact) mass is 481 g/mol. The molecule has 0 bridgehead atoms. The number of carbonyl (C=O) groups is 1. The van der Waals surface area contributed by atoms with Gasteiger partial charge in [-0.25, -0.2) is 14.4 Å². The molecule has 1 fully saturated rings. The van der Waals surface area contributed by atoms with E-state index >= 15 is 0 Å². The number of halogens is 2. The van der Waals surface area contributed by atoms with Crippen LogP contribution in [-0.4, -0.2) is 39.9 Å². The van der Waals surface area contributed by atoms with Crippen LogP contribution in [0.15, 0.2) is 60.9 Å². The van der Waals surface area contributed by atoms with Gasteiger partial charge in [-0.1, -0.05) is 41.9 Å². The second-order valence-corrected chi connectivity index (χ2v) is 9.42. The molecule has 0 saturated carbocycles. The van der Waals surface area contributed by atoms with Gasteiger partial charge in [0.15, 0.2) is 0 Å². The summed E-state index contributed by atoms with van der Waals surface area (Å²) in [7, 11) is 0. The second-order valence-electron chi connectivity index (χ2n) is 7.99. The van der Waals surface area contributed by atoms with Crippen molar-refractivity contribution in [2.45, 2.75) is 19.0 Å². The predicted octanol–water partition coefficient (Wildman–Crippen LogP) is 5.23. The number of hydrogen-bond acceptors (Lipinski definition) is 6. The summed E-state index contributed by atoms with van der Waals surface area (Å²) in [5.74, 6) is -0.0630. The Labute approximate surface area is 199 Å². The molecule has 2 aromatic carbocycles. The molecule has 0 aliphatic carbocycles. The first-order valence-corrected chi connectivity index (χ1v) is 11.8. The lowest BCUT2D eigenvalue weighted by Crippen LogP contribution is -2.36. The summed E-state index contributed by atoms with van der Waals surface area (Å²) in [5.41, 5.74) is 1.87. The van der Waals surface area contributed by atoms with Crippen LogP contribution in [0.25, 0.3) is 10.2 Å². The van der Waals surface area contributed by atoms with Crippen molar-refractivity contribution in [2.24, 2.45) is 0 Å². The lowest BCUT2D eigenvalue weighted by Gasteiger charge is -2.16. The number of nitrogens with one attached hydrogen (secondary N) is 2. The molecule has 0 radical (unpaired) electrons. The highest BCUT2D eigenvalue weighted by Crippen LogP contribution is 2.31. The first kappa shape index (κ1) is 21.8. The van der Waals surface area contributed by atoms with Crippen molar-refractivity contribution >= 4 is 50.6 Å². The van der Waals surface area contributed by atoms with Crippen LogP contribution in [0.2, 0.25) is 5.02 Å². The molecule has 1 aliphatic heterocycles. The van der Waals surface area contributed by atoms with Gasteiger partial charge in [-0.2, -0.15) is 0 Å². The molecule has 0 spiro atoms. The molecule has 6 nitrogen and oxygen atoms in total. The maximum absolute atomic E-state index is 13.5. The number of aromatic nitrogens is 2. The standard InChI is InChI=1S/C24H21ClFN5OS/c25-19-10-16(6-7-20(19)26)29-22-18-11-21(33-24(18)28-14-27-22)23(32)30-17-8-9-31(13-17)12-15-4-2-1-3-5-15/h1-7,10-11,14,17H,8-9,12-13H2,(H,30,32)(H,27,28,29). The number of hydrogen-bond donors (Lipinski definition) is 2. The third-order valence-corrected chi connectivity index (χ3v) is 6.92. The number of thiophene rings is 1. The Balaban J connectivity index is 1.26. The van der Waals surface area contributed by atoms with E-state index in [1.165, 1.54) is 35.4 Å². The molecule has 1 atom stereocenters. The van der Waals surface area contributed by atoms with Gasteiger partial charge in [-0.15, -0.1) is 11.3 Å². The second kappa shape index (κ2) is 9.43. The van der Waals surface area contributed by atoms with Crippen LogP contribution in [0.5, 0.6) is 0 Å². The van der Waals surface area contributed by atoms with E-state index in [0.29, 0.717) is 21.2 Å². The van der Waals surface area contributed by atoms with Gasteiger partial charge in [0, 0.05) is 31.4 Å². The first-order valence-electron chi connectivity index (χ1n) is 10.6. The fourth-order valence-corrected chi connectivity index (χ4v) is 5.05. The van der Waals surface area contributed by atoms with Crippen LogP contribution in [-0.2, 0) is 6.54 Å². The van der Waals surface area contributed by atoms with Crippen molar-refractivity contribution in [3.05, 3.63) is 82.2 Å². The zero-order valence-electron chi connectivity index (χ0n) is 17.6. The maximum Gasteiger partial charge on any atom is 0.261 e. The van der Waals surface area contributed by atoms with Gasteiger partial charge < -0.3 is 10.6 Å². The number of rotatable bonds is 6. The van der Waals surface area contributed by atoms with Crippen LogP contribution in [0.1, 0.15) is 21.7 Å². The molecule has 168 valence electrons. The molecule has 5 rings (SSSR count). The molecule has 1 amide bonds. The van der Waals surface area contributed by atoms with Gasteiger partial charge in [0.2, 0.25) is 0 Å². The Bertz CT molecular complexity index is 1300. The summed E-state index contributed by atoms with van der Waals surface area (Å²) in [5, 5.41) is 7.04. The summed E-state index contributed by atoms with van der Waals surface area (Å²) in [6.45, 7) is 2.66. The van der Waals surface area contributed by atoms with Crippen molar-refractivity contribution in [3.63, 3.8) is 0 Å². The molecule has 33 heavy (non-hydrogen) atoms. The van der Waals surface area contributed by atoms with Gasteiger partial charge in [0.1, 0.15) is 22.8 Å². The summed E-state index contributed by atoms with van der Waals surface area (Å²) < 4.78 is 13.5. The summed E-state index contributed by atoms with van der Waals surface area (Å²) >= 11 is 7.20. The minimum Gasteiger partial charge on any atom is -0.347 e. The van der Waals surface area contributed by atoms with E-state index < -0.39 is 5.82 Å². The molecule has 1 unspecified atom stereocenters. The summed E-state index contributed by atoms with van der Waals surface area (Å²) in [4.78, 5) is 25.2. The largest absolute Gasteiger partial charge is 0.347 e. The number of anilines is 2. The van der Waals surface area contributed by atoms with Gasteiger partial charge >= 0.3 is 0 Å². The summed E-state index contributed by atoms with van der Waals surface area (Å²) in [6, 6.07) is 16.6. The van der Waals surface area contributed by atoms with E-state index in [2.05, 4.69) is 37.6 Å². The van der Waals surface area contributed by atoms with Crippen molar-refractivity contribution in [1.29, 1.82) is 0 Å². The minimum absolute atomic E-state index is 0.0218. The van der Waals surface area contributed by atoms with Crippen molar-refractivity contribution in [3.8, 4) is 0 Å². The normalized spacial score (nSPS) is 16.2. The maximum atomic E-state index is 13.5. The van der Waals surface area contributed by atoms with Gasteiger partial charge in [-0.3, -0.25) is 9.69 Å². The van der Waals surface area contributed by atoms with Crippen molar-refractivity contribution < 1.29 is 9.18 Å². The van der Waals surface area contributed by atoms with Crippen LogP contribution >= 0.6 is 22.9 Å². The van der Waals surface area contributed by atoms with Crippen LogP contribution < -0.4 is 10.6 Å². The SMILES string of the molecule is O=C(NC1CCN(Cc2ccccc2)C1)c1cc2c(Nc3ccc(F)c(Cl)c3)ncnc2s1. The van der Waals surface area contributed by atoms with E-state index in [9.17, 15) is 9.18 Å². The fraction of sp³-hybridized carbons (Fsp3) is 0.208. The number of likely N-dealkylation sites (tertiary alicyclic amines) is 1. The molecule has 2 N–H and O–H groups in total. The van der Waals surface area contributed by atoms with Gasteiger partial charge in [-0.05, 0) is 36.2 Å². The van der Waals surface area contributed by atoms with Crippen molar-refractivity contribution in [1.82, 2.24) is 20.2 Å². The minimum atomic E-state index is -0.487. The average molecular weight is 482 g/mol. The lowest BCUT2D eigenvalue weighted by atomic mass is 10.2. The highest BCUT2D eigenvalue weighted by atomic mass is 35.5. The third kappa shape index (κ3) is 4.98. The Morgan fingerprint density at radius 3 is 2.85 bits per heavy atom. The number of fused-ring (bicyclic) bond motifs is 1. The lowest BCUT2D eigenvalue weighted by molar-refractivity contribution is 0.0942. The van der Waals surface area contributed by atoms with E-state index in [1.807, 2.05) is 18.2 Å². The van der Waals surface area contributed by atoms with E-state index in [0.717, 1.165) is 31.4 Å². The summed E-state index contributed by atoms with van der Waals surface area (Å²) in [6.07, 6.45) is 2.35. The molecule has 1 aliphatic rings. The predicted molar refractivity (Wildman–Crippen MR) is 130 cm³/mol. The number of nitrogens with zero attached hydrogens (tertiary/aromatic N) is 3. The topological polar surface area (TPSA) is 70.2 Å². The Morgan fingerprint density at radius 2 is 2.03 bits per heavy atom. The quantitative estimate of drug-likeness (QED) is 0.394.